The van der Waals surface area contributed by atoms with E-state index in [2.05, 4.69) is 18.3 Å². The standard InChI is InChI=1S/C16H26N2O2/c1-7-18(5)16(19)13(4)17-12(3)14-10-11(2)8-9-15(14)20-6/h8-10,12-13,17H,7H2,1-6H3. The van der Waals surface area contributed by atoms with Crippen LogP contribution in [0.2, 0.25) is 0 Å². The second-order valence-electron chi connectivity index (χ2n) is 5.21. The Morgan fingerprint density at radius 2 is 2.05 bits per heavy atom. The zero-order chi connectivity index (χ0) is 15.3. The maximum absolute atomic E-state index is 12.1. The molecule has 2 unspecified atom stereocenters. The van der Waals surface area contributed by atoms with Crippen molar-refractivity contribution in [1.29, 1.82) is 0 Å². The van der Waals surface area contributed by atoms with E-state index in [1.807, 2.05) is 40.0 Å². The number of nitrogens with zero attached hydrogens (tertiary/aromatic N) is 1. The van der Waals surface area contributed by atoms with Gasteiger partial charge in [-0.05, 0) is 33.8 Å². The summed E-state index contributed by atoms with van der Waals surface area (Å²) >= 11 is 0. The highest BCUT2D eigenvalue weighted by Crippen LogP contribution is 2.26. The third-order valence-electron chi connectivity index (χ3n) is 3.57. The summed E-state index contributed by atoms with van der Waals surface area (Å²) in [5, 5.41) is 3.34. The highest BCUT2D eigenvalue weighted by molar-refractivity contribution is 5.81. The Labute approximate surface area is 122 Å². The van der Waals surface area contributed by atoms with Gasteiger partial charge in [0.05, 0.1) is 13.2 Å². The highest BCUT2D eigenvalue weighted by atomic mass is 16.5. The average Bonchev–Trinajstić information content (AvgIpc) is 2.45. The fourth-order valence-corrected chi connectivity index (χ4v) is 2.21. The van der Waals surface area contributed by atoms with Crippen molar-refractivity contribution in [1.82, 2.24) is 10.2 Å². The molecule has 2 atom stereocenters. The number of likely N-dealkylation sites (N-methyl/N-ethyl adjacent to an activating group) is 1. The molecule has 20 heavy (non-hydrogen) atoms. The lowest BCUT2D eigenvalue weighted by molar-refractivity contribution is -0.131. The number of hydrogen-bond donors (Lipinski definition) is 1. The van der Waals surface area contributed by atoms with Gasteiger partial charge in [0.1, 0.15) is 5.75 Å². The van der Waals surface area contributed by atoms with Crippen LogP contribution < -0.4 is 10.1 Å². The van der Waals surface area contributed by atoms with Crippen molar-refractivity contribution in [2.45, 2.75) is 39.8 Å². The molecular weight excluding hydrogens is 252 g/mol. The predicted octanol–water partition coefficient (Wildman–Crippen LogP) is 2.52. The largest absolute Gasteiger partial charge is 0.496 e. The van der Waals surface area contributed by atoms with Gasteiger partial charge in [-0.2, -0.15) is 0 Å². The quantitative estimate of drug-likeness (QED) is 0.869. The second kappa shape index (κ2) is 7.29. The third-order valence-corrected chi connectivity index (χ3v) is 3.57. The van der Waals surface area contributed by atoms with Gasteiger partial charge in [-0.25, -0.2) is 0 Å². The van der Waals surface area contributed by atoms with E-state index < -0.39 is 0 Å². The number of methoxy groups -OCH3 is 1. The van der Waals surface area contributed by atoms with E-state index in [1.165, 1.54) is 5.56 Å². The first-order valence-electron chi connectivity index (χ1n) is 7.06. The van der Waals surface area contributed by atoms with E-state index in [0.717, 1.165) is 11.3 Å². The van der Waals surface area contributed by atoms with Crippen LogP contribution in [0.1, 0.15) is 37.9 Å². The first kappa shape index (κ1) is 16.5. The lowest BCUT2D eigenvalue weighted by Crippen LogP contribution is -2.43. The summed E-state index contributed by atoms with van der Waals surface area (Å²) in [4.78, 5) is 13.8. The summed E-state index contributed by atoms with van der Waals surface area (Å²) in [5.41, 5.74) is 2.26. The van der Waals surface area contributed by atoms with Crippen LogP contribution in [0, 0.1) is 6.92 Å². The molecule has 1 aromatic carbocycles. The number of carbonyl (C=O) groups excluding carboxylic acids is 1. The van der Waals surface area contributed by atoms with Gasteiger partial charge in [-0.15, -0.1) is 0 Å². The maximum atomic E-state index is 12.1. The molecule has 4 nitrogen and oxygen atoms in total. The van der Waals surface area contributed by atoms with Crippen LogP contribution >= 0.6 is 0 Å². The van der Waals surface area contributed by atoms with Crippen LogP contribution in [-0.2, 0) is 4.79 Å². The molecule has 0 fully saturated rings. The van der Waals surface area contributed by atoms with Gasteiger partial charge in [-0.3, -0.25) is 10.1 Å². The molecule has 0 aliphatic heterocycles. The zero-order valence-corrected chi connectivity index (χ0v) is 13.4. The molecule has 0 aliphatic rings. The molecule has 0 bridgehead atoms. The lowest BCUT2D eigenvalue weighted by Gasteiger charge is -2.25. The molecule has 0 saturated carbocycles. The number of amides is 1. The van der Waals surface area contributed by atoms with Gasteiger partial charge in [0.2, 0.25) is 5.91 Å². The Morgan fingerprint density at radius 1 is 1.40 bits per heavy atom. The number of benzene rings is 1. The van der Waals surface area contributed by atoms with Crippen LogP contribution in [0.25, 0.3) is 0 Å². The van der Waals surface area contributed by atoms with E-state index in [1.54, 1.807) is 12.0 Å². The second-order valence-corrected chi connectivity index (χ2v) is 5.21. The Morgan fingerprint density at radius 3 is 2.60 bits per heavy atom. The summed E-state index contributed by atoms with van der Waals surface area (Å²) in [6.07, 6.45) is 0. The average molecular weight is 278 g/mol. The SMILES string of the molecule is CCN(C)C(=O)C(C)NC(C)c1cc(C)ccc1OC. The Balaban J connectivity index is 2.83. The lowest BCUT2D eigenvalue weighted by atomic mass is 10.0. The van der Waals surface area contributed by atoms with E-state index in [-0.39, 0.29) is 18.0 Å². The van der Waals surface area contributed by atoms with E-state index in [9.17, 15) is 4.79 Å². The fourth-order valence-electron chi connectivity index (χ4n) is 2.21. The summed E-state index contributed by atoms with van der Waals surface area (Å²) < 4.78 is 5.40. The van der Waals surface area contributed by atoms with E-state index in [4.69, 9.17) is 4.74 Å². The molecule has 0 heterocycles. The van der Waals surface area contributed by atoms with Crippen LogP contribution in [0.15, 0.2) is 18.2 Å². The number of hydrogen-bond acceptors (Lipinski definition) is 3. The number of nitrogens with one attached hydrogen (secondary N) is 1. The molecule has 112 valence electrons. The molecular formula is C16H26N2O2. The van der Waals surface area contributed by atoms with Crippen LogP contribution in [-0.4, -0.2) is 37.6 Å². The van der Waals surface area contributed by atoms with Crippen molar-refractivity contribution in [3.63, 3.8) is 0 Å². The topological polar surface area (TPSA) is 41.6 Å². The smallest absolute Gasteiger partial charge is 0.239 e. The van der Waals surface area contributed by atoms with Crippen molar-refractivity contribution in [3.8, 4) is 5.75 Å². The van der Waals surface area contributed by atoms with Gasteiger partial charge >= 0.3 is 0 Å². The normalized spacial score (nSPS) is 13.7. The van der Waals surface area contributed by atoms with Crippen molar-refractivity contribution >= 4 is 5.91 Å². The summed E-state index contributed by atoms with van der Waals surface area (Å²) in [6, 6.07) is 5.91. The Kier molecular flexibility index (Phi) is 6.02. The minimum atomic E-state index is -0.222. The molecule has 1 amide bonds. The summed E-state index contributed by atoms with van der Waals surface area (Å²) in [6.45, 7) is 8.68. The first-order valence-corrected chi connectivity index (χ1v) is 7.06. The molecule has 0 saturated heterocycles. The summed E-state index contributed by atoms with van der Waals surface area (Å²) in [7, 11) is 3.48. The van der Waals surface area contributed by atoms with Gasteiger partial charge in [0, 0.05) is 25.2 Å². The molecule has 0 spiro atoms. The van der Waals surface area contributed by atoms with Crippen LogP contribution in [0.4, 0.5) is 0 Å². The zero-order valence-electron chi connectivity index (χ0n) is 13.4. The summed E-state index contributed by atoms with van der Waals surface area (Å²) in [5.74, 6) is 0.949. The minimum absolute atomic E-state index is 0.0501. The van der Waals surface area contributed by atoms with Crippen molar-refractivity contribution < 1.29 is 9.53 Å². The van der Waals surface area contributed by atoms with Gasteiger partial charge < -0.3 is 9.64 Å². The van der Waals surface area contributed by atoms with Crippen LogP contribution in [0.3, 0.4) is 0 Å². The highest BCUT2D eigenvalue weighted by Gasteiger charge is 2.20. The first-order chi connectivity index (χ1) is 9.40. The van der Waals surface area contributed by atoms with Crippen LogP contribution in [0.5, 0.6) is 5.75 Å². The van der Waals surface area contributed by atoms with E-state index >= 15 is 0 Å². The minimum Gasteiger partial charge on any atom is -0.496 e. The molecule has 0 aromatic heterocycles. The number of aryl methyl sites for hydroxylation is 1. The Bertz CT molecular complexity index is 460. The molecule has 0 radical (unpaired) electrons. The number of rotatable bonds is 6. The molecule has 1 N–H and O–H groups in total. The van der Waals surface area contributed by atoms with Crippen molar-refractivity contribution in [2.75, 3.05) is 20.7 Å². The molecule has 4 heteroatoms. The monoisotopic (exact) mass is 278 g/mol. The number of carbonyl (C=O) groups is 1. The van der Waals surface area contributed by atoms with Crippen molar-refractivity contribution in [2.24, 2.45) is 0 Å². The van der Waals surface area contributed by atoms with Gasteiger partial charge in [0.25, 0.3) is 0 Å². The third kappa shape index (κ3) is 3.97. The Hall–Kier alpha value is -1.55. The van der Waals surface area contributed by atoms with Gasteiger partial charge in [0.15, 0.2) is 0 Å². The van der Waals surface area contributed by atoms with E-state index in [0.29, 0.717) is 6.54 Å². The van der Waals surface area contributed by atoms with Gasteiger partial charge in [-0.1, -0.05) is 17.7 Å². The molecule has 1 rings (SSSR count). The molecule has 1 aromatic rings. The predicted molar refractivity (Wildman–Crippen MR) is 82.1 cm³/mol. The fraction of sp³-hybridized carbons (Fsp3) is 0.562. The molecule has 0 aliphatic carbocycles. The maximum Gasteiger partial charge on any atom is 0.239 e. The van der Waals surface area contributed by atoms with Crippen molar-refractivity contribution in [3.05, 3.63) is 29.3 Å². The number of ether oxygens (including phenoxy) is 1.